The van der Waals surface area contributed by atoms with Crippen molar-refractivity contribution in [2.75, 3.05) is 13.6 Å². The predicted octanol–water partition coefficient (Wildman–Crippen LogP) is 2.14. The molecule has 2 aromatic rings. The van der Waals surface area contributed by atoms with Gasteiger partial charge in [-0.3, -0.25) is 4.99 Å². The molecule has 0 fully saturated rings. The number of nitrogens with one attached hydrogen (secondary N) is 2. The number of hydrogen-bond donors (Lipinski definition) is 2. The lowest BCUT2D eigenvalue weighted by atomic mass is 9.94. The van der Waals surface area contributed by atoms with Gasteiger partial charge in [-0.1, -0.05) is 20.8 Å². The molecule has 0 spiro atoms. The van der Waals surface area contributed by atoms with Gasteiger partial charge in [0.05, 0.1) is 12.7 Å². The van der Waals surface area contributed by atoms with Crippen molar-refractivity contribution in [2.24, 2.45) is 4.99 Å². The summed E-state index contributed by atoms with van der Waals surface area (Å²) in [4.78, 5) is 8.49. The van der Waals surface area contributed by atoms with Crippen molar-refractivity contribution in [3.8, 4) is 0 Å². The van der Waals surface area contributed by atoms with Crippen LogP contribution >= 0.6 is 0 Å². The Morgan fingerprint density at radius 2 is 2.00 bits per heavy atom. The van der Waals surface area contributed by atoms with Crippen molar-refractivity contribution in [3.05, 3.63) is 42.4 Å². The topological polar surface area (TPSA) is 67.4 Å². The quantitative estimate of drug-likeness (QED) is 0.656. The molecule has 0 radical (unpaired) electrons. The third kappa shape index (κ3) is 4.65. The van der Waals surface area contributed by atoms with Gasteiger partial charge in [-0.05, 0) is 12.1 Å². The second kappa shape index (κ2) is 7.15. The summed E-state index contributed by atoms with van der Waals surface area (Å²) in [6.45, 7) is 8.51. The van der Waals surface area contributed by atoms with E-state index in [9.17, 15) is 0 Å². The number of hydrogen-bond acceptors (Lipinski definition) is 3. The number of aliphatic imine (C=N–C) groups is 1. The molecule has 2 aromatic heterocycles. The Hall–Kier alpha value is -2.24. The van der Waals surface area contributed by atoms with Crippen molar-refractivity contribution in [1.29, 1.82) is 0 Å². The highest BCUT2D eigenvalue weighted by Crippen LogP contribution is 2.22. The molecule has 0 atom stereocenters. The van der Waals surface area contributed by atoms with Gasteiger partial charge in [0.1, 0.15) is 5.76 Å². The van der Waals surface area contributed by atoms with Crippen molar-refractivity contribution in [2.45, 2.75) is 39.3 Å². The average molecular weight is 303 g/mol. The maximum absolute atomic E-state index is 5.75. The summed E-state index contributed by atoms with van der Waals surface area (Å²) in [5, 5.41) is 6.47. The van der Waals surface area contributed by atoms with E-state index in [2.05, 4.69) is 45.9 Å². The standard InChI is InChI=1S/C16H25N5O/c1-16(2,3)13-11-19-14(22-13)12-20-15(17-4)18-7-10-21-8-5-6-9-21/h5-6,8-9,11H,7,10,12H2,1-4H3,(H2,17,18,20). The van der Waals surface area contributed by atoms with Crippen LogP contribution in [0.2, 0.25) is 0 Å². The van der Waals surface area contributed by atoms with E-state index in [4.69, 9.17) is 4.42 Å². The Morgan fingerprint density at radius 1 is 1.27 bits per heavy atom. The van der Waals surface area contributed by atoms with Gasteiger partial charge in [0.25, 0.3) is 0 Å². The summed E-state index contributed by atoms with van der Waals surface area (Å²) in [6.07, 6.45) is 5.87. The van der Waals surface area contributed by atoms with E-state index in [1.54, 1.807) is 13.2 Å². The Bertz CT molecular complexity index is 592. The van der Waals surface area contributed by atoms with Gasteiger partial charge < -0.3 is 19.6 Å². The van der Waals surface area contributed by atoms with E-state index in [0.717, 1.165) is 24.8 Å². The Morgan fingerprint density at radius 3 is 2.59 bits per heavy atom. The van der Waals surface area contributed by atoms with Crippen molar-refractivity contribution in [3.63, 3.8) is 0 Å². The largest absolute Gasteiger partial charge is 0.443 e. The summed E-state index contributed by atoms with van der Waals surface area (Å²) in [6, 6.07) is 4.03. The second-order valence-corrected chi connectivity index (χ2v) is 6.14. The van der Waals surface area contributed by atoms with Crippen LogP contribution in [-0.2, 0) is 18.5 Å². The lowest BCUT2D eigenvalue weighted by Crippen LogP contribution is -2.38. The van der Waals surface area contributed by atoms with Gasteiger partial charge in [0, 0.05) is 37.9 Å². The highest BCUT2D eigenvalue weighted by molar-refractivity contribution is 5.79. The van der Waals surface area contributed by atoms with E-state index < -0.39 is 0 Å². The number of oxazole rings is 1. The molecule has 0 saturated heterocycles. The third-order valence-corrected chi connectivity index (χ3v) is 3.25. The summed E-state index contributed by atoms with van der Waals surface area (Å²) in [5.41, 5.74) is -0.0259. The summed E-state index contributed by atoms with van der Waals surface area (Å²) >= 11 is 0. The molecule has 2 N–H and O–H groups in total. The molecule has 0 aliphatic rings. The zero-order chi connectivity index (χ0) is 16.0. The first-order chi connectivity index (χ1) is 10.5. The Labute approximate surface area is 131 Å². The van der Waals surface area contributed by atoms with E-state index in [1.165, 1.54) is 0 Å². The Kier molecular flexibility index (Phi) is 5.25. The maximum atomic E-state index is 5.75. The maximum Gasteiger partial charge on any atom is 0.213 e. The molecule has 0 unspecified atom stereocenters. The molecule has 6 heteroatoms. The minimum absolute atomic E-state index is 0.0259. The molecule has 0 amide bonds. The molecule has 0 aliphatic heterocycles. The monoisotopic (exact) mass is 303 g/mol. The lowest BCUT2D eigenvalue weighted by molar-refractivity contribution is 0.379. The molecule has 6 nitrogen and oxygen atoms in total. The van der Waals surface area contributed by atoms with Gasteiger partial charge in [-0.25, -0.2) is 4.98 Å². The average Bonchev–Trinajstić information content (AvgIpc) is 3.13. The molecule has 0 bridgehead atoms. The minimum Gasteiger partial charge on any atom is -0.443 e. The summed E-state index contributed by atoms with van der Waals surface area (Å²) < 4.78 is 7.86. The SMILES string of the molecule is CN=C(NCCn1cccc1)NCc1ncc(C(C)(C)C)o1. The Balaban J connectivity index is 1.77. The zero-order valence-corrected chi connectivity index (χ0v) is 13.8. The molecule has 0 aliphatic carbocycles. The van der Waals surface area contributed by atoms with Crippen molar-refractivity contribution < 1.29 is 4.42 Å². The van der Waals surface area contributed by atoms with E-state index in [1.807, 2.05) is 24.5 Å². The highest BCUT2D eigenvalue weighted by atomic mass is 16.4. The van der Waals surface area contributed by atoms with Crippen LogP contribution in [-0.4, -0.2) is 29.1 Å². The molecular formula is C16H25N5O. The molecule has 0 saturated carbocycles. The number of aromatic nitrogens is 2. The van der Waals surface area contributed by atoms with Crippen LogP contribution in [0.5, 0.6) is 0 Å². The zero-order valence-electron chi connectivity index (χ0n) is 13.8. The van der Waals surface area contributed by atoms with Gasteiger partial charge in [-0.2, -0.15) is 0 Å². The number of rotatable bonds is 5. The second-order valence-electron chi connectivity index (χ2n) is 6.14. The molecular weight excluding hydrogens is 278 g/mol. The van der Waals surface area contributed by atoms with Crippen molar-refractivity contribution in [1.82, 2.24) is 20.2 Å². The van der Waals surface area contributed by atoms with E-state index in [-0.39, 0.29) is 5.41 Å². The molecule has 2 rings (SSSR count). The van der Waals surface area contributed by atoms with Crippen LogP contribution in [0.25, 0.3) is 0 Å². The third-order valence-electron chi connectivity index (χ3n) is 3.25. The van der Waals surface area contributed by atoms with Crippen LogP contribution in [0.1, 0.15) is 32.4 Å². The predicted molar refractivity (Wildman–Crippen MR) is 87.8 cm³/mol. The number of guanidine groups is 1. The first kappa shape index (κ1) is 16.1. The van der Waals surface area contributed by atoms with E-state index in [0.29, 0.717) is 12.4 Å². The van der Waals surface area contributed by atoms with Crippen LogP contribution in [0.3, 0.4) is 0 Å². The molecule has 22 heavy (non-hydrogen) atoms. The molecule has 0 aromatic carbocycles. The molecule has 2 heterocycles. The fourth-order valence-electron chi connectivity index (χ4n) is 1.94. The first-order valence-corrected chi connectivity index (χ1v) is 7.49. The molecule has 120 valence electrons. The summed E-state index contributed by atoms with van der Waals surface area (Å²) in [5.74, 6) is 2.29. The fourth-order valence-corrected chi connectivity index (χ4v) is 1.94. The highest BCUT2D eigenvalue weighted by Gasteiger charge is 2.19. The van der Waals surface area contributed by atoms with Crippen LogP contribution < -0.4 is 10.6 Å². The lowest BCUT2D eigenvalue weighted by Gasteiger charge is -2.13. The smallest absolute Gasteiger partial charge is 0.213 e. The van der Waals surface area contributed by atoms with Crippen LogP contribution in [0, 0.1) is 0 Å². The van der Waals surface area contributed by atoms with Gasteiger partial charge >= 0.3 is 0 Å². The van der Waals surface area contributed by atoms with Crippen molar-refractivity contribution >= 4 is 5.96 Å². The van der Waals surface area contributed by atoms with Gasteiger partial charge in [0.2, 0.25) is 5.89 Å². The van der Waals surface area contributed by atoms with Crippen LogP contribution in [0.4, 0.5) is 0 Å². The van der Waals surface area contributed by atoms with Gasteiger partial charge in [0.15, 0.2) is 5.96 Å². The van der Waals surface area contributed by atoms with E-state index >= 15 is 0 Å². The minimum atomic E-state index is -0.0259. The van der Waals surface area contributed by atoms with Gasteiger partial charge in [-0.15, -0.1) is 0 Å². The number of nitrogens with zero attached hydrogens (tertiary/aromatic N) is 3. The van der Waals surface area contributed by atoms with Crippen LogP contribution in [0.15, 0.2) is 40.1 Å². The normalized spacial score (nSPS) is 12.5. The summed E-state index contributed by atoms with van der Waals surface area (Å²) in [7, 11) is 1.75. The fraction of sp³-hybridized carbons (Fsp3) is 0.500. The first-order valence-electron chi connectivity index (χ1n) is 7.49.